The number of aromatic amines is 2. The maximum absolute atomic E-state index is 14.1. The summed E-state index contributed by atoms with van der Waals surface area (Å²) in [7, 11) is -4.95. The van der Waals surface area contributed by atoms with Crippen molar-refractivity contribution in [1.29, 1.82) is 0 Å². The Morgan fingerprint density at radius 2 is 1.17 bits per heavy atom. The van der Waals surface area contributed by atoms with E-state index in [9.17, 15) is 36.0 Å². The second-order valence-electron chi connectivity index (χ2n) is 20.4. The summed E-state index contributed by atoms with van der Waals surface area (Å²) < 4.78 is 63.4. The van der Waals surface area contributed by atoms with Crippen LogP contribution in [0.2, 0.25) is 0 Å². The van der Waals surface area contributed by atoms with Crippen molar-refractivity contribution in [2.75, 3.05) is 53.2 Å². The first-order valence-electron chi connectivity index (χ1n) is 25.0. The molecule has 5 aliphatic rings. The summed E-state index contributed by atoms with van der Waals surface area (Å²) >= 11 is 0. The molecule has 2 aliphatic heterocycles. The third-order valence-electron chi connectivity index (χ3n) is 14.6. The first-order valence-corrected chi connectivity index (χ1v) is 28.7. The lowest BCUT2D eigenvalue weighted by Crippen LogP contribution is -2.51. The number of alkyl carbamates (subject to hydrolysis) is 2. The number of benzene rings is 3. The van der Waals surface area contributed by atoms with Gasteiger partial charge in [0.25, 0.3) is 0 Å². The van der Waals surface area contributed by atoms with Gasteiger partial charge >= 0.3 is 12.2 Å². The minimum absolute atomic E-state index is 0.0109. The second kappa shape index (κ2) is 21.0. The Kier molecular flexibility index (Phi) is 14.9. The Hall–Kier alpha value is -6.88. The Morgan fingerprint density at radius 1 is 0.653 bits per heavy atom. The Bertz CT molecular complexity index is 3420. The van der Waals surface area contributed by atoms with E-state index in [2.05, 4.69) is 69.2 Å². The molecule has 3 aromatic carbocycles. The summed E-state index contributed by atoms with van der Waals surface area (Å²) in [6.45, 7) is 6.75. The van der Waals surface area contributed by atoms with E-state index in [-0.39, 0.29) is 38.3 Å². The summed E-state index contributed by atoms with van der Waals surface area (Å²) in [6.07, 6.45) is 11.3. The zero-order chi connectivity index (χ0) is 53.7. The van der Waals surface area contributed by atoms with Gasteiger partial charge in [-0.15, -0.1) is 0 Å². The minimum Gasteiger partial charge on any atom is -0.453 e. The fourth-order valence-electron chi connectivity index (χ4n) is 10.4. The molecular formula is C53H64N10O10S2. The monoisotopic (exact) mass is 1060 g/mol. The zero-order valence-electron chi connectivity index (χ0n) is 43.3. The highest BCUT2D eigenvalue weighted by molar-refractivity contribution is 7.88. The fourth-order valence-corrected chi connectivity index (χ4v) is 11.9. The molecule has 2 unspecified atom stereocenters. The van der Waals surface area contributed by atoms with Crippen LogP contribution in [0.4, 0.5) is 9.59 Å². The topological polar surface area (TPSA) is 249 Å². The number of hydrogen-bond acceptors (Lipinski definition) is 12. The molecule has 2 fully saturated rings. The molecule has 4 bridgehead atoms. The quantitative estimate of drug-likeness (QED) is 0.108. The smallest absolute Gasteiger partial charge is 0.407 e. The van der Waals surface area contributed by atoms with Gasteiger partial charge in [0.2, 0.25) is 31.9 Å². The van der Waals surface area contributed by atoms with E-state index in [4.69, 9.17) is 19.4 Å². The average Bonchev–Trinajstić information content (AvgIpc) is 4.18. The van der Waals surface area contributed by atoms with Crippen molar-refractivity contribution in [2.24, 2.45) is 11.8 Å². The number of ether oxygens (including phenoxy) is 2. The maximum Gasteiger partial charge on any atom is 0.407 e. The van der Waals surface area contributed by atoms with E-state index in [0.717, 1.165) is 89.0 Å². The van der Waals surface area contributed by atoms with Crippen molar-refractivity contribution in [2.45, 2.75) is 84.0 Å². The number of sulfonamides is 2. The van der Waals surface area contributed by atoms with Gasteiger partial charge in [-0.2, -0.15) is 8.61 Å². The second-order valence-corrected chi connectivity index (χ2v) is 24.4. The molecular weight excluding hydrogens is 1000 g/mol. The fraction of sp³-hybridized carbons (Fsp3) is 0.434. The van der Waals surface area contributed by atoms with Crippen LogP contribution in [0.5, 0.6) is 0 Å². The summed E-state index contributed by atoms with van der Waals surface area (Å²) in [5.41, 5.74) is 11.6. The van der Waals surface area contributed by atoms with E-state index >= 15 is 0 Å². The molecule has 2 aromatic heterocycles. The number of H-pyrrole nitrogens is 2. The van der Waals surface area contributed by atoms with Crippen LogP contribution in [0.15, 0.2) is 84.0 Å². The number of allylic oxidation sites excluding steroid dienone is 6. The SMILES string of the molecule is COC(=O)NC(C(=O)N1CN(S(C)(=O)=O)C[C@H]1c1nc2cc(C3=CC4=CCC=C3CCc3ccc(c(-c5ccc6[nH]c([C@@H]7CN(S(C)(=O)=O)CN7C(=O)C(NC(=O)OC)C(C)C)nc6c5)c3)CC4)ccc2[nH]1)C(C)C. The molecule has 4 atom stereocenters. The number of fused-ring (bicyclic) bond motifs is 6. The van der Waals surface area contributed by atoms with Crippen LogP contribution in [-0.4, -0.2) is 144 Å². The Morgan fingerprint density at radius 3 is 1.68 bits per heavy atom. The minimum atomic E-state index is -3.69. The van der Waals surface area contributed by atoms with E-state index in [0.29, 0.717) is 22.7 Å². The van der Waals surface area contributed by atoms with Crippen molar-refractivity contribution < 1.29 is 45.5 Å². The molecule has 75 heavy (non-hydrogen) atoms. The van der Waals surface area contributed by atoms with Gasteiger partial charge in [-0.25, -0.2) is 36.4 Å². The van der Waals surface area contributed by atoms with E-state index in [1.165, 1.54) is 43.8 Å². The van der Waals surface area contributed by atoms with Crippen LogP contribution in [0.1, 0.15) is 87.4 Å². The van der Waals surface area contributed by atoms with Crippen LogP contribution in [0.3, 0.4) is 0 Å². The number of aryl methyl sites for hydroxylation is 2. The number of rotatable bonds is 12. The molecule has 4 heterocycles. The highest BCUT2D eigenvalue weighted by Gasteiger charge is 2.45. The van der Waals surface area contributed by atoms with Crippen LogP contribution in [-0.2, 0) is 52.0 Å². The van der Waals surface area contributed by atoms with Crippen molar-refractivity contribution in [3.05, 3.63) is 112 Å². The summed E-state index contributed by atoms with van der Waals surface area (Å²) in [5, 5.41) is 5.24. The van der Waals surface area contributed by atoms with E-state index in [1.807, 2.05) is 24.3 Å². The van der Waals surface area contributed by atoms with Crippen LogP contribution >= 0.6 is 0 Å². The summed E-state index contributed by atoms with van der Waals surface area (Å²) in [6, 6.07) is 15.3. The van der Waals surface area contributed by atoms with Gasteiger partial charge in [-0.3, -0.25) is 9.59 Å². The van der Waals surface area contributed by atoms with Crippen molar-refractivity contribution in [1.82, 2.24) is 49.0 Å². The van der Waals surface area contributed by atoms with Crippen molar-refractivity contribution >= 4 is 71.7 Å². The lowest BCUT2D eigenvalue weighted by molar-refractivity contribution is -0.136. The number of imidazole rings is 2. The third kappa shape index (κ3) is 11.1. The van der Waals surface area contributed by atoms with Crippen LogP contribution in [0, 0.1) is 11.8 Å². The first kappa shape index (κ1) is 53.0. The predicted octanol–water partition coefficient (Wildman–Crippen LogP) is 6.29. The molecule has 0 radical (unpaired) electrons. The van der Waals surface area contributed by atoms with Gasteiger partial charge in [0.15, 0.2) is 0 Å². The average molecular weight is 1070 g/mol. The molecule has 0 spiro atoms. The first-order chi connectivity index (χ1) is 35.6. The molecule has 4 N–H and O–H groups in total. The number of amides is 4. The molecule has 2 saturated heterocycles. The third-order valence-corrected chi connectivity index (χ3v) is 17.0. The highest BCUT2D eigenvalue weighted by atomic mass is 32.2. The van der Waals surface area contributed by atoms with Crippen molar-refractivity contribution in [3.63, 3.8) is 0 Å². The summed E-state index contributed by atoms with van der Waals surface area (Å²) in [5.74, 6) is -0.675. The number of aromatic nitrogens is 4. The maximum atomic E-state index is 14.1. The van der Waals surface area contributed by atoms with Crippen molar-refractivity contribution in [3.8, 4) is 11.1 Å². The zero-order valence-corrected chi connectivity index (χ0v) is 45.0. The standard InChI is InChI=1S/C53H64N10O10S2/c1-30(2)46(58-52(66)72-5)50(64)62-28-60(74(7,68)69)26-44(62)48-54-40-20-18-36(24-42(40)56-48)38-22-32-10-9-11-34(38)15-13-33-14-17-35(16-12-32)39(23-33)37-19-21-41-43(25-37)57-49(55-41)45-27-61(75(8,70)71)29-63(45)51(65)47(31(3)4)59-53(67)73-6/h10-11,14,17-25,30-31,44-47H,9,12-13,15-16,26-29H2,1-8H3,(H,54,56)(H,55,57)(H,58,66)(H,59,67)/t44-,45-,46?,47?/m0/s1. The number of carbonyl (C=O) groups excluding carboxylic acids is 4. The number of hydrogen-bond donors (Lipinski definition) is 4. The lowest BCUT2D eigenvalue weighted by atomic mass is 9.87. The Balaban J connectivity index is 0.979. The Labute approximate surface area is 436 Å². The largest absolute Gasteiger partial charge is 0.453 e. The number of carbonyl (C=O) groups is 4. The van der Waals surface area contributed by atoms with Gasteiger partial charge in [0, 0.05) is 13.1 Å². The lowest BCUT2D eigenvalue weighted by Gasteiger charge is -2.29. The molecule has 398 valence electrons. The predicted molar refractivity (Wildman–Crippen MR) is 283 cm³/mol. The molecule has 22 heteroatoms. The van der Waals surface area contributed by atoms with E-state index in [1.54, 1.807) is 27.7 Å². The van der Waals surface area contributed by atoms with Gasteiger partial charge < -0.3 is 39.9 Å². The van der Waals surface area contributed by atoms with Crippen LogP contribution in [0.25, 0.3) is 38.8 Å². The molecule has 3 aliphatic carbocycles. The van der Waals surface area contributed by atoms with Gasteiger partial charge in [-0.1, -0.05) is 81.8 Å². The number of nitrogens with zero attached hydrogens (tertiary/aromatic N) is 6. The highest BCUT2D eigenvalue weighted by Crippen LogP contribution is 2.38. The number of methoxy groups -OCH3 is 2. The van der Waals surface area contributed by atoms with Gasteiger partial charge in [0.05, 0.1) is 62.1 Å². The van der Waals surface area contributed by atoms with E-state index < -0.39 is 68.2 Å². The molecule has 4 amide bonds. The summed E-state index contributed by atoms with van der Waals surface area (Å²) in [4.78, 5) is 72.3. The molecule has 5 aromatic rings. The van der Waals surface area contributed by atoms with Gasteiger partial charge in [0.1, 0.15) is 35.8 Å². The number of nitrogens with one attached hydrogen (secondary N) is 4. The van der Waals surface area contributed by atoms with Crippen LogP contribution < -0.4 is 10.6 Å². The molecule has 20 nitrogen and oxygen atoms in total. The molecule has 10 rings (SSSR count). The normalized spacial score (nSPS) is 19.6. The van der Waals surface area contributed by atoms with Gasteiger partial charge in [-0.05, 0) is 107 Å². The molecule has 0 saturated carbocycles.